The highest BCUT2D eigenvalue weighted by molar-refractivity contribution is 6.30. The second-order valence-electron chi connectivity index (χ2n) is 9.63. The maximum absolute atomic E-state index is 6.34. The summed E-state index contributed by atoms with van der Waals surface area (Å²) >= 11 is 6.34. The van der Waals surface area contributed by atoms with Gasteiger partial charge in [-0.25, -0.2) is 15.0 Å². The summed E-state index contributed by atoms with van der Waals surface area (Å²) in [4.78, 5) is 21.9. The van der Waals surface area contributed by atoms with Gasteiger partial charge in [0.05, 0.1) is 12.7 Å². The van der Waals surface area contributed by atoms with E-state index in [1.165, 1.54) is 0 Å². The Hall–Kier alpha value is -3.66. The summed E-state index contributed by atoms with van der Waals surface area (Å²) in [5, 5.41) is 5.49. The van der Waals surface area contributed by atoms with E-state index < -0.39 is 0 Å². The monoisotopic (exact) mass is 564 g/mol. The van der Waals surface area contributed by atoms with Crippen molar-refractivity contribution >= 4 is 41.1 Å². The molecule has 39 heavy (non-hydrogen) atoms. The Bertz CT molecular complexity index is 1560. The van der Waals surface area contributed by atoms with Gasteiger partial charge in [-0.15, -0.1) is 12.4 Å². The van der Waals surface area contributed by atoms with Crippen LogP contribution in [0.5, 0.6) is 5.75 Å². The van der Waals surface area contributed by atoms with Crippen molar-refractivity contribution in [3.05, 3.63) is 82.6 Å². The van der Waals surface area contributed by atoms with Gasteiger partial charge in [-0.3, -0.25) is 4.68 Å². The van der Waals surface area contributed by atoms with Crippen LogP contribution in [0.2, 0.25) is 5.02 Å². The van der Waals surface area contributed by atoms with Crippen LogP contribution < -0.4 is 9.64 Å². The lowest BCUT2D eigenvalue weighted by atomic mass is 10.2. The number of anilines is 1. The Balaban J connectivity index is 0.00000308. The number of hydrogen-bond acceptors (Lipinski definition) is 7. The van der Waals surface area contributed by atoms with Gasteiger partial charge in [-0.1, -0.05) is 41.9 Å². The molecule has 0 atom stereocenters. The summed E-state index contributed by atoms with van der Waals surface area (Å²) < 4.78 is 8.08. The number of piperazine rings is 1. The lowest BCUT2D eigenvalue weighted by Crippen LogP contribution is -2.44. The lowest BCUT2D eigenvalue weighted by molar-refractivity contribution is 0.302. The molecule has 9 nitrogen and oxygen atoms in total. The third-order valence-electron chi connectivity index (χ3n) is 6.83. The normalized spacial score (nSPS) is 14.0. The van der Waals surface area contributed by atoms with Crippen LogP contribution in [0.25, 0.3) is 22.8 Å². The molecular formula is C28H30Cl2N8O. The first-order valence-electron chi connectivity index (χ1n) is 12.7. The van der Waals surface area contributed by atoms with E-state index in [4.69, 9.17) is 26.4 Å². The second kappa shape index (κ2) is 11.6. The molecule has 0 saturated carbocycles. The summed E-state index contributed by atoms with van der Waals surface area (Å²) in [6.07, 6.45) is 1.80. The zero-order valence-electron chi connectivity index (χ0n) is 21.8. The van der Waals surface area contributed by atoms with Gasteiger partial charge in [0.25, 0.3) is 0 Å². The van der Waals surface area contributed by atoms with Crippen molar-refractivity contribution in [2.45, 2.75) is 20.1 Å². The number of rotatable bonds is 7. The Kier molecular flexibility index (Phi) is 8.02. The quantitative estimate of drug-likeness (QED) is 0.298. The molecular weight excluding hydrogens is 535 g/mol. The molecule has 0 amide bonds. The van der Waals surface area contributed by atoms with E-state index in [2.05, 4.69) is 31.8 Å². The predicted molar refractivity (Wildman–Crippen MR) is 156 cm³/mol. The molecule has 1 aliphatic heterocycles. The summed E-state index contributed by atoms with van der Waals surface area (Å²) in [5.74, 6) is 2.29. The number of fused-ring (bicyclic) bond motifs is 1. The first-order chi connectivity index (χ1) is 18.5. The number of nitrogens with one attached hydrogen (secondary N) is 1. The number of imidazole rings is 1. The second-order valence-corrected chi connectivity index (χ2v) is 10.1. The zero-order chi connectivity index (χ0) is 26.1. The van der Waals surface area contributed by atoms with Gasteiger partial charge in [0.15, 0.2) is 17.1 Å². The summed E-state index contributed by atoms with van der Waals surface area (Å²) in [6.45, 7) is 6.90. The molecule has 0 radical (unpaired) electrons. The van der Waals surface area contributed by atoms with Crippen molar-refractivity contribution in [1.82, 2.24) is 34.6 Å². The number of nitrogens with zero attached hydrogens (tertiary/aromatic N) is 7. The van der Waals surface area contributed by atoms with Gasteiger partial charge in [-0.05, 0) is 43.8 Å². The average Bonchev–Trinajstić information content (AvgIpc) is 3.52. The summed E-state index contributed by atoms with van der Waals surface area (Å²) in [5.41, 5.74) is 5.03. The minimum Gasteiger partial charge on any atom is -0.489 e. The van der Waals surface area contributed by atoms with E-state index in [0.29, 0.717) is 35.3 Å². The maximum atomic E-state index is 6.34. The maximum Gasteiger partial charge on any atom is 0.197 e. The Morgan fingerprint density at radius 1 is 1.00 bits per heavy atom. The van der Waals surface area contributed by atoms with Gasteiger partial charge in [0, 0.05) is 42.5 Å². The van der Waals surface area contributed by atoms with Crippen LogP contribution in [-0.2, 0) is 13.2 Å². The number of H-pyrrole nitrogens is 1. The average molecular weight is 566 g/mol. The third kappa shape index (κ3) is 6.00. The molecule has 6 rings (SSSR count). The van der Waals surface area contributed by atoms with Gasteiger partial charge < -0.3 is 19.5 Å². The number of likely N-dealkylation sites (N-methyl/N-ethyl adjacent to an activating group) is 1. The van der Waals surface area contributed by atoms with Crippen molar-refractivity contribution < 1.29 is 4.74 Å². The van der Waals surface area contributed by atoms with Crippen molar-refractivity contribution in [1.29, 1.82) is 0 Å². The molecule has 202 valence electrons. The molecule has 11 heteroatoms. The van der Waals surface area contributed by atoms with E-state index in [0.717, 1.165) is 60.3 Å². The molecule has 1 saturated heterocycles. The molecule has 3 aromatic heterocycles. The van der Waals surface area contributed by atoms with Crippen LogP contribution in [0.3, 0.4) is 0 Å². The molecule has 2 aromatic carbocycles. The van der Waals surface area contributed by atoms with E-state index in [9.17, 15) is 0 Å². The highest BCUT2D eigenvalue weighted by Gasteiger charge is 2.18. The van der Waals surface area contributed by atoms with Crippen LogP contribution in [0.4, 0.5) is 5.82 Å². The van der Waals surface area contributed by atoms with Gasteiger partial charge in [0.2, 0.25) is 0 Å². The third-order valence-corrected chi connectivity index (χ3v) is 7.06. The largest absolute Gasteiger partial charge is 0.489 e. The number of halogens is 2. The SMILES string of the molecule is Cc1cc(-c2nc3ncc(N4CCN(C)CC4)nc3[nH]2)nn1Cc1cc(Cl)ccc1OCc1ccccc1.Cl. The number of aromatic amines is 1. The lowest BCUT2D eigenvalue weighted by Gasteiger charge is -2.32. The minimum atomic E-state index is 0. The standard InChI is InChI=1S/C28H29ClN8O.ClH/c1-19-14-23(26-32-27-28(33-26)31-25(16-30-27)36-12-10-35(2)11-13-36)34-37(19)17-21-15-22(29)8-9-24(21)38-18-20-6-4-3-5-7-20;/h3-9,14-16H,10-13,17-18H2,1-2H3,(H,30,31,32,33);1H. The van der Waals surface area contributed by atoms with Crippen LogP contribution >= 0.6 is 24.0 Å². The molecule has 0 aliphatic carbocycles. The fourth-order valence-corrected chi connectivity index (χ4v) is 4.78. The van der Waals surface area contributed by atoms with Crippen LogP contribution in [0, 0.1) is 6.92 Å². The molecule has 5 aromatic rings. The molecule has 0 spiro atoms. The summed E-state index contributed by atoms with van der Waals surface area (Å²) in [7, 11) is 2.14. The first-order valence-corrected chi connectivity index (χ1v) is 13.1. The van der Waals surface area contributed by atoms with Crippen LogP contribution in [-0.4, -0.2) is 67.8 Å². The Morgan fingerprint density at radius 3 is 2.59 bits per heavy atom. The van der Waals surface area contributed by atoms with E-state index in [-0.39, 0.29) is 12.4 Å². The van der Waals surface area contributed by atoms with E-state index in [1.54, 1.807) is 6.20 Å². The molecule has 4 heterocycles. The van der Waals surface area contributed by atoms with E-state index in [1.807, 2.05) is 66.2 Å². The fourth-order valence-electron chi connectivity index (χ4n) is 4.59. The zero-order valence-corrected chi connectivity index (χ0v) is 23.4. The van der Waals surface area contributed by atoms with Crippen molar-refractivity contribution in [3.63, 3.8) is 0 Å². The van der Waals surface area contributed by atoms with Crippen molar-refractivity contribution in [3.8, 4) is 17.3 Å². The Labute approximate surface area is 238 Å². The molecule has 0 bridgehead atoms. The van der Waals surface area contributed by atoms with Gasteiger partial charge in [-0.2, -0.15) is 5.10 Å². The number of ether oxygens (including phenoxy) is 1. The highest BCUT2D eigenvalue weighted by atomic mass is 35.5. The fraction of sp³-hybridized carbons (Fsp3) is 0.286. The molecule has 0 unspecified atom stereocenters. The predicted octanol–water partition coefficient (Wildman–Crippen LogP) is 4.98. The number of aromatic nitrogens is 6. The van der Waals surface area contributed by atoms with E-state index >= 15 is 0 Å². The Morgan fingerprint density at radius 2 is 1.79 bits per heavy atom. The number of benzene rings is 2. The molecule has 1 N–H and O–H groups in total. The van der Waals surface area contributed by atoms with Crippen LogP contribution in [0.15, 0.2) is 60.8 Å². The molecule has 1 aliphatic rings. The highest BCUT2D eigenvalue weighted by Crippen LogP contribution is 2.27. The number of hydrogen-bond donors (Lipinski definition) is 1. The van der Waals surface area contributed by atoms with Gasteiger partial charge in [0.1, 0.15) is 23.9 Å². The smallest absolute Gasteiger partial charge is 0.197 e. The number of aryl methyl sites for hydroxylation is 1. The topological polar surface area (TPSA) is 88.0 Å². The van der Waals surface area contributed by atoms with Crippen molar-refractivity contribution in [2.75, 3.05) is 38.1 Å². The minimum absolute atomic E-state index is 0. The van der Waals surface area contributed by atoms with Gasteiger partial charge >= 0.3 is 0 Å². The first kappa shape index (κ1) is 26.9. The van der Waals surface area contributed by atoms with Crippen LogP contribution in [0.1, 0.15) is 16.8 Å². The van der Waals surface area contributed by atoms with Crippen molar-refractivity contribution in [2.24, 2.45) is 0 Å². The summed E-state index contributed by atoms with van der Waals surface area (Å²) in [6, 6.07) is 17.8. The molecule has 1 fully saturated rings.